The topological polar surface area (TPSA) is 51.0 Å². The van der Waals surface area contributed by atoms with Crippen LogP contribution in [0.1, 0.15) is 22.4 Å². The molecule has 0 saturated carbocycles. The number of aromatic nitrogens is 3. The summed E-state index contributed by atoms with van der Waals surface area (Å²) in [6, 6.07) is 18.9. The van der Waals surface area contributed by atoms with Crippen LogP contribution in [-0.4, -0.2) is 38.8 Å². The Morgan fingerprint density at radius 1 is 0.730 bits per heavy atom. The summed E-state index contributed by atoms with van der Waals surface area (Å²) >= 11 is 0. The van der Waals surface area contributed by atoms with Gasteiger partial charge in [-0.3, -0.25) is 9.69 Å². The molecule has 1 aliphatic rings. The van der Waals surface area contributed by atoms with Crippen molar-refractivity contribution < 1.29 is 18.0 Å². The van der Waals surface area contributed by atoms with Crippen LogP contribution in [0.25, 0.3) is 12.2 Å². The Morgan fingerprint density at radius 3 is 1.84 bits per heavy atom. The van der Waals surface area contributed by atoms with E-state index in [4.69, 9.17) is 0 Å². The van der Waals surface area contributed by atoms with Gasteiger partial charge in [-0.25, -0.2) is 17.9 Å². The molecule has 0 amide bonds. The van der Waals surface area contributed by atoms with E-state index < -0.39 is 11.6 Å². The van der Waals surface area contributed by atoms with Gasteiger partial charge in [0.1, 0.15) is 17.5 Å². The van der Waals surface area contributed by atoms with Gasteiger partial charge in [-0.1, -0.05) is 59.8 Å². The first kappa shape index (κ1) is 24.4. The molecule has 0 atom stereocenters. The van der Waals surface area contributed by atoms with Gasteiger partial charge >= 0.3 is 0 Å². The lowest BCUT2D eigenvalue weighted by atomic mass is 9.94. The predicted octanol–water partition coefficient (Wildman–Crippen LogP) is 5.30. The van der Waals surface area contributed by atoms with E-state index in [0.717, 1.165) is 0 Å². The van der Waals surface area contributed by atoms with Crippen LogP contribution in [0, 0.1) is 17.5 Å². The molecule has 1 aromatic heterocycles. The minimum Gasteiger partial charge on any atom is -0.289 e. The Morgan fingerprint density at radius 2 is 1.27 bits per heavy atom. The third-order valence-electron chi connectivity index (χ3n) is 6.10. The van der Waals surface area contributed by atoms with Crippen molar-refractivity contribution in [3.63, 3.8) is 0 Å². The molecule has 3 aromatic carbocycles. The third kappa shape index (κ3) is 5.76. The number of carbonyl (C=O) groups excluding carboxylic acids is 1. The summed E-state index contributed by atoms with van der Waals surface area (Å²) in [5, 5.41) is 8.31. The van der Waals surface area contributed by atoms with Crippen molar-refractivity contribution in [3.05, 3.63) is 130 Å². The highest BCUT2D eigenvalue weighted by molar-refractivity contribution is 6.14. The molecule has 1 aliphatic heterocycles. The van der Waals surface area contributed by atoms with E-state index in [2.05, 4.69) is 10.3 Å². The number of piperidine rings is 1. The van der Waals surface area contributed by atoms with Crippen LogP contribution in [-0.2, 0) is 17.9 Å². The number of halogens is 3. The molecular formula is C29H23F3N4O. The lowest BCUT2D eigenvalue weighted by Crippen LogP contribution is -2.37. The van der Waals surface area contributed by atoms with E-state index in [9.17, 15) is 18.0 Å². The van der Waals surface area contributed by atoms with Crippen molar-refractivity contribution in [1.82, 2.24) is 19.9 Å². The van der Waals surface area contributed by atoms with Gasteiger partial charge in [0.25, 0.3) is 0 Å². The minimum absolute atomic E-state index is 0.231. The number of benzene rings is 3. The Bertz CT molecular complexity index is 1440. The zero-order chi connectivity index (χ0) is 25.8. The molecule has 1 saturated heterocycles. The average molecular weight is 501 g/mol. The number of Topliss-reactive ketones (excluding diaryl/α,β-unsaturated/α-hetero) is 1. The summed E-state index contributed by atoms with van der Waals surface area (Å²) < 4.78 is 44.3. The standard InChI is InChI=1S/C29H23F3N4O/c30-26-10-4-1-7-20(26)13-23-15-35(16-24(29(23)37)14-21-8-2-5-11-27(21)31)18-25-19-36(34-33-25)17-22-9-3-6-12-28(22)32/h1-14,19H,15-18H2/b23-13+,24-14+. The van der Waals surface area contributed by atoms with Crippen molar-refractivity contribution in [3.8, 4) is 0 Å². The molecule has 2 heterocycles. The van der Waals surface area contributed by atoms with Crippen LogP contribution in [0.5, 0.6) is 0 Å². The van der Waals surface area contributed by atoms with Gasteiger partial charge in [0.15, 0.2) is 5.78 Å². The molecular weight excluding hydrogens is 477 g/mol. The largest absolute Gasteiger partial charge is 0.289 e. The van der Waals surface area contributed by atoms with Gasteiger partial charge in [0, 0.05) is 47.5 Å². The molecule has 0 N–H and O–H groups in total. The van der Waals surface area contributed by atoms with E-state index in [0.29, 0.717) is 40.1 Å². The SMILES string of the molecule is O=C1/C(=C/c2ccccc2F)CN(Cc2cn(Cc3ccccc3F)nn2)C/C1=C\c1ccccc1F. The van der Waals surface area contributed by atoms with Gasteiger partial charge in [-0.05, 0) is 30.4 Å². The lowest BCUT2D eigenvalue weighted by molar-refractivity contribution is -0.113. The average Bonchev–Trinajstić information content (AvgIpc) is 3.32. The molecule has 0 unspecified atom stereocenters. The molecule has 4 aromatic rings. The Kier molecular flexibility index (Phi) is 7.09. The molecule has 5 rings (SSSR count). The van der Waals surface area contributed by atoms with Crippen molar-refractivity contribution in [2.75, 3.05) is 13.1 Å². The van der Waals surface area contributed by atoms with Crippen LogP contribution in [0.15, 0.2) is 90.1 Å². The second-order valence-corrected chi connectivity index (χ2v) is 8.86. The summed E-state index contributed by atoms with van der Waals surface area (Å²) in [7, 11) is 0. The van der Waals surface area contributed by atoms with Crippen LogP contribution in [0.3, 0.4) is 0 Å². The van der Waals surface area contributed by atoms with Gasteiger partial charge in [0.2, 0.25) is 0 Å². The van der Waals surface area contributed by atoms with Gasteiger partial charge < -0.3 is 0 Å². The zero-order valence-corrected chi connectivity index (χ0v) is 19.8. The number of rotatable bonds is 6. The Hall–Kier alpha value is -4.30. The molecule has 1 fully saturated rings. The molecule has 0 spiro atoms. The predicted molar refractivity (Wildman–Crippen MR) is 135 cm³/mol. The number of nitrogens with zero attached hydrogens (tertiary/aromatic N) is 4. The molecule has 0 radical (unpaired) electrons. The highest BCUT2D eigenvalue weighted by Gasteiger charge is 2.27. The quantitative estimate of drug-likeness (QED) is 0.338. The number of likely N-dealkylation sites (tertiary alicyclic amines) is 1. The molecule has 0 bridgehead atoms. The van der Waals surface area contributed by atoms with E-state index in [1.807, 2.05) is 4.90 Å². The molecule has 37 heavy (non-hydrogen) atoms. The molecule has 0 aliphatic carbocycles. The monoisotopic (exact) mass is 500 g/mol. The van der Waals surface area contributed by atoms with Crippen molar-refractivity contribution in [1.29, 1.82) is 0 Å². The van der Waals surface area contributed by atoms with Crippen LogP contribution < -0.4 is 0 Å². The number of ketones is 1. The van der Waals surface area contributed by atoms with Crippen molar-refractivity contribution >= 4 is 17.9 Å². The summed E-state index contributed by atoms with van der Waals surface area (Å²) in [5.41, 5.74) is 2.49. The smallest absolute Gasteiger partial charge is 0.187 e. The maximum absolute atomic E-state index is 14.3. The lowest BCUT2D eigenvalue weighted by Gasteiger charge is -2.29. The van der Waals surface area contributed by atoms with Gasteiger partial charge in [-0.15, -0.1) is 5.10 Å². The Labute approximate surface area is 212 Å². The second-order valence-electron chi connectivity index (χ2n) is 8.86. The first-order valence-corrected chi connectivity index (χ1v) is 11.8. The highest BCUT2D eigenvalue weighted by atomic mass is 19.1. The third-order valence-corrected chi connectivity index (χ3v) is 6.10. The van der Waals surface area contributed by atoms with E-state index in [1.54, 1.807) is 65.5 Å². The number of carbonyl (C=O) groups is 1. The Balaban J connectivity index is 1.42. The maximum Gasteiger partial charge on any atom is 0.187 e. The van der Waals surface area contributed by atoms with Crippen molar-refractivity contribution in [2.45, 2.75) is 13.1 Å². The maximum atomic E-state index is 14.3. The fourth-order valence-electron chi connectivity index (χ4n) is 4.30. The fraction of sp³-hybridized carbons (Fsp3) is 0.138. The molecule has 5 nitrogen and oxygen atoms in total. The van der Waals surface area contributed by atoms with Crippen LogP contribution in [0.2, 0.25) is 0 Å². The van der Waals surface area contributed by atoms with Gasteiger partial charge in [-0.2, -0.15) is 0 Å². The summed E-state index contributed by atoms with van der Waals surface area (Å²) in [6.07, 6.45) is 4.80. The zero-order valence-electron chi connectivity index (χ0n) is 19.8. The van der Waals surface area contributed by atoms with Crippen LogP contribution in [0.4, 0.5) is 13.2 Å². The summed E-state index contributed by atoms with van der Waals surface area (Å²) in [6.45, 7) is 1.08. The first-order valence-electron chi connectivity index (χ1n) is 11.8. The summed E-state index contributed by atoms with van der Waals surface area (Å²) in [5.74, 6) is -1.45. The van der Waals surface area contributed by atoms with E-state index in [1.165, 1.54) is 30.4 Å². The normalized spacial score (nSPS) is 16.6. The second kappa shape index (κ2) is 10.8. The summed E-state index contributed by atoms with van der Waals surface area (Å²) in [4.78, 5) is 15.3. The minimum atomic E-state index is -0.435. The van der Waals surface area contributed by atoms with Crippen LogP contribution >= 0.6 is 0 Å². The van der Waals surface area contributed by atoms with Gasteiger partial charge in [0.05, 0.1) is 18.4 Å². The van der Waals surface area contributed by atoms with Crippen molar-refractivity contribution in [2.24, 2.45) is 0 Å². The molecule has 186 valence electrons. The first-order chi connectivity index (χ1) is 18.0. The fourth-order valence-corrected chi connectivity index (χ4v) is 4.30. The number of hydrogen-bond donors (Lipinski definition) is 0. The van der Waals surface area contributed by atoms with E-state index >= 15 is 0 Å². The highest BCUT2D eigenvalue weighted by Crippen LogP contribution is 2.24. The van der Waals surface area contributed by atoms with E-state index in [-0.39, 0.29) is 31.2 Å². The molecule has 8 heteroatoms. The number of hydrogen-bond acceptors (Lipinski definition) is 4.